The second-order valence-electron chi connectivity index (χ2n) is 9.79. The van der Waals surface area contributed by atoms with Crippen LogP contribution in [-0.2, 0) is 4.79 Å². The fraction of sp³-hybridized carbons (Fsp3) is 0.593. The Kier molecular flexibility index (Phi) is 8.85. The lowest BCUT2D eigenvalue weighted by Crippen LogP contribution is -2.40. The quantitative estimate of drug-likeness (QED) is 0.480. The van der Waals surface area contributed by atoms with Crippen molar-refractivity contribution in [3.05, 3.63) is 30.0 Å². The third-order valence-electron chi connectivity index (χ3n) is 7.32. The van der Waals surface area contributed by atoms with Gasteiger partial charge in [-0.2, -0.15) is 5.10 Å². The number of hydrogen-bond acceptors (Lipinski definition) is 6. The van der Waals surface area contributed by atoms with Gasteiger partial charge in [0.05, 0.1) is 37.9 Å². The van der Waals surface area contributed by atoms with Gasteiger partial charge in [0.15, 0.2) is 5.69 Å². The molecule has 1 aliphatic carbocycles. The van der Waals surface area contributed by atoms with Gasteiger partial charge >= 0.3 is 5.97 Å². The summed E-state index contributed by atoms with van der Waals surface area (Å²) in [5.74, 6) is 0.0121. The highest BCUT2D eigenvalue weighted by molar-refractivity contribution is 5.94. The Balaban J connectivity index is 1.60. The average molecular weight is 499 g/mol. The molecule has 0 radical (unpaired) electrons. The molecule has 1 aliphatic heterocycles. The van der Waals surface area contributed by atoms with Crippen LogP contribution in [0, 0.1) is 0 Å². The van der Waals surface area contributed by atoms with Crippen LogP contribution in [0.15, 0.2) is 24.3 Å². The minimum atomic E-state index is -0.921. The van der Waals surface area contributed by atoms with Crippen LogP contribution in [0.2, 0.25) is 0 Å². The number of benzene rings is 1. The summed E-state index contributed by atoms with van der Waals surface area (Å²) in [7, 11) is 3.22. The summed E-state index contributed by atoms with van der Waals surface area (Å²) in [6, 6.07) is 7.10. The molecule has 1 saturated carbocycles. The number of nitrogens with zero attached hydrogens (tertiary/aromatic N) is 3. The van der Waals surface area contributed by atoms with Crippen molar-refractivity contribution in [3.8, 4) is 22.8 Å². The van der Waals surface area contributed by atoms with Gasteiger partial charge in [-0.25, -0.2) is 0 Å². The van der Waals surface area contributed by atoms with Crippen LogP contribution in [0.5, 0.6) is 11.5 Å². The molecule has 1 unspecified atom stereocenters. The van der Waals surface area contributed by atoms with Gasteiger partial charge in [-0.05, 0) is 63.4 Å². The van der Waals surface area contributed by atoms with E-state index in [4.69, 9.17) is 14.6 Å². The van der Waals surface area contributed by atoms with Crippen molar-refractivity contribution < 1.29 is 24.2 Å². The first-order valence-electron chi connectivity index (χ1n) is 13.1. The van der Waals surface area contributed by atoms with Crippen molar-refractivity contribution in [1.29, 1.82) is 0 Å². The zero-order valence-corrected chi connectivity index (χ0v) is 21.4. The predicted molar refractivity (Wildman–Crippen MR) is 137 cm³/mol. The SMILES string of the molecule is COc1cccc(OC)c1-c1cc(C(=O)NC(CCN2CCCCC2)CC(=O)O)nn1C1CCCC1. The number of nitrogens with one attached hydrogen (secondary N) is 1. The number of likely N-dealkylation sites (tertiary alicyclic amines) is 1. The standard InChI is InChI=1S/C27H38N4O5/c1-35-23-11-8-12-24(36-2)26(23)22-18-21(29-31(22)20-9-4-5-10-20)27(34)28-19(17-25(32)33)13-16-30-14-6-3-7-15-30/h8,11-12,18-20H,3-7,9-10,13-17H2,1-2H3,(H,28,34)(H,32,33). The minimum absolute atomic E-state index is 0.115. The summed E-state index contributed by atoms with van der Waals surface area (Å²) < 4.78 is 13.2. The molecule has 1 atom stereocenters. The number of rotatable bonds is 11. The molecule has 2 aromatic rings. The fourth-order valence-electron chi connectivity index (χ4n) is 5.44. The van der Waals surface area contributed by atoms with E-state index >= 15 is 0 Å². The monoisotopic (exact) mass is 498 g/mol. The second kappa shape index (κ2) is 12.3. The van der Waals surface area contributed by atoms with Crippen LogP contribution < -0.4 is 14.8 Å². The number of amides is 1. The average Bonchev–Trinajstić information content (AvgIpc) is 3.57. The lowest BCUT2D eigenvalue weighted by Gasteiger charge is -2.28. The zero-order valence-electron chi connectivity index (χ0n) is 21.4. The second-order valence-corrected chi connectivity index (χ2v) is 9.79. The largest absolute Gasteiger partial charge is 0.496 e. The van der Waals surface area contributed by atoms with E-state index in [-0.39, 0.29) is 24.1 Å². The summed E-state index contributed by atoms with van der Waals surface area (Å²) in [6.45, 7) is 2.84. The third kappa shape index (κ3) is 6.19. The smallest absolute Gasteiger partial charge is 0.305 e. The van der Waals surface area contributed by atoms with Gasteiger partial charge in [0.1, 0.15) is 11.5 Å². The molecular weight excluding hydrogens is 460 g/mol. The van der Waals surface area contributed by atoms with E-state index in [1.54, 1.807) is 20.3 Å². The molecule has 36 heavy (non-hydrogen) atoms. The lowest BCUT2D eigenvalue weighted by molar-refractivity contribution is -0.137. The molecule has 1 amide bonds. The molecule has 9 nitrogen and oxygen atoms in total. The highest BCUT2D eigenvalue weighted by Gasteiger charge is 2.28. The first kappa shape index (κ1) is 26.0. The van der Waals surface area contributed by atoms with E-state index in [1.165, 1.54) is 19.3 Å². The Morgan fingerprint density at radius 2 is 1.75 bits per heavy atom. The van der Waals surface area contributed by atoms with Crippen LogP contribution in [0.4, 0.5) is 0 Å². The Hall–Kier alpha value is -3.07. The maximum Gasteiger partial charge on any atom is 0.305 e. The number of aliphatic carboxylic acids is 1. The lowest BCUT2D eigenvalue weighted by atomic mass is 10.1. The van der Waals surface area contributed by atoms with Crippen molar-refractivity contribution in [2.24, 2.45) is 0 Å². The molecule has 2 heterocycles. The van der Waals surface area contributed by atoms with Gasteiger partial charge in [0.25, 0.3) is 5.91 Å². The number of hydrogen-bond donors (Lipinski definition) is 2. The van der Waals surface area contributed by atoms with Crippen LogP contribution >= 0.6 is 0 Å². The summed E-state index contributed by atoms with van der Waals surface area (Å²) in [5, 5.41) is 17.1. The Labute approximate surface area is 212 Å². The van der Waals surface area contributed by atoms with Crippen molar-refractivity contribution in [3.63, 3.8) is 0 Å². The maximum absolute atomic E-state index is 13.4. The third-order valence-corrected chi connectivity index (χ3v) is 7.32. The first-order valence-corrected chi connectivity index (χ1v) is 13.1. The van der Waals surface area contributed by atoms with Gasteiger partial charge in [-0.1, -0.05) is 25.3 Å². The molecule has 2 aliphatic rings. The fourth-order valence-corrected chi connectivity index (χ4v) is 5.44. The number of piperidine rings is 1. The number of carbonyl (C=O) groups excluding carboxylic acids is 1. The molecule has 2 N–H and O–H groups in total. The topological polar surface area (TPSA) is 106 Å². The summed E-state index contributed by atoms with van der Waals surface area (Å²) in [4.78, 5) is 27.2. The molecule has 9 heteroatoms. The zero-order chi connectivity index (χ0) is 25.5. The molecule has 1 aromatic heterocycles. The molecule has 1 aromatic carbocycles. The normalized spacial score (nSPS) is 17.6. The van der Waals surface area contributed by atoms with E-state index in [9.17, 15) is 14.7 Å². The number of carboxylic acid groups (broad SMARTS) is 1. The number of ether oxygens (including phenoxy) is 2. The highest BCUT2D eigenvalue weighted by Crippen LogP contribution is 2.41. The van der Waals surface area contributed by atoms with E-state index in [0.29, 0.717) is 17.9 Å². The molecular formula is C27H38N4O5. The number of carboxylic acids is 1. The van der Waals surface area contributed by atoms with Crippen LogP contribution in [0.3, 0.4) is 0 Å². The summed E-state index contributed by atoms with van der Waals surface area (Å²) in [5.41, 5.74) is 1.80. The number of carbonyl (C=O) groups is 2. The van der Waals surface area contributed by atoms with E-state index in [0.717, 1.165) is 56.6 Å². The van der Waals surface area contributed by atoms with Gasteiger partial charge in [-0.3, -0.25) is 14.3 Å². The predicted octanol–water partition coefficient (Wildman–Crippen LogP) is 4.13. The van der Waals surface area contributed by atoms with Crippen LogP contribution in [-0.4, -0.2) is 71.6 Å². The molecule has 2 fully saturated rings. The van der Waals surface area contributed by atoms with Crippen molar-refractivity contribution in [2.45, 2.75) is 69.9 Å². The summed E-state index contributed by atoms with van der Waals surface area (Å²) in [6.07, 6.45) is 8.28. The molecule has 196 valence electrons. The van der Waals surface area contributed by atoms with E-state index < -0.39 is 12.0 Å². The van der Waals surface area contributed by atoms with Gasteiger partial charge in [0.2, 0.25) is 0 Å². The van der Waals surface area contributed by atoms with Gasteiger partial charge < -0.3 is 24.8 Å². The van der Waals surface area contributed by atoms with E-state index in [2.05, 4.69) is 10.2 Å². The van der Waals surface area contributed by atoms with E-state index in [1.807, 2.05) is 22.9 Å². The molecule has 1 saturated heterocycles. The first-order chi connectivity index (χ1) is 17.5. The Morgan fingerprint density at radius 1 is 1.08 bits per heavy atom. The molecule has 0 spiro atoms. The minimum Gasteiger partial charge on any atom is -0.496 e. The summed E-state index contributed by atoms with van der Waals surface area (Å²) >= 11 is 0. The molecule has 4 rings (SSSR count). The molecule has 0 bridgehead atoms. The number of methoxy groups -OCH3 is 2. The van der Waals surface area contributed by atoms with Crippen LogP contribution in [0.1, 0.15) is 74.3 Å². The van der Waals surface area contributed by atoms with Gasteiger partial charge in [0, 0.05) is 12.6 Å². The van der Waals surface area contributed by atoms with Gasteiger partial charge in [-0.15, -0.1) is 0 Å². The van der Waals surface area contributed by atoms with Crippen molar-refractivity contribution >= 4 is 11.9 Å². The van der Waals surface area contributed by atoms with Crippen molar-refractivity contribution in [2.75, 3.05) is 33.9 Å². The maximum atomic E-state index is 13.4. The number of aromatic nitrogens is 2. The Morgan fingerprint density at radius 3 is 2.36 bits per heavy atom. The van der Waals surface area contributed by atoms with Crippen LogP contribution in [0.25, 0.3) is 11.3 Å². The van der Waals surface area contributed by atoms with Crippen molar-refractivity contribution in [1.82, 2.24) is 20.0 Å². The highest BCUT2D eigenvalue weighted by atomic mass is 16.5. The Bertz CT molecular complexity index is 1020.